The van der Waals surface area contributed by atoms with Gasteiger partial charge in [0.1, 0.15) is 5.75 Å². The minimum Gasteiger partial charge on any atom is -0.506 e. The summed E-state index contributed by atoms with van der Waals surface area (Å²) in [6, 6.07) is 11.0. The summed E-state index contributed by atoms with van der Waals surface area (Å²) in [5, 5.41) is 10.3. The van der Waals surface area contributed by atoms with Crippen LogP contribution in [-0.2, 0) is 9.53 Å². The Kier molecular flexibility index (Phi) is 6.24. The number of hydrogen-bond donors (Lipinski definition) is 1. The summed E-state index contributed by atoms with van der Waals surface area (Å²) < 4.78 is 7.17. The van der Waals surface area contributed by atoms with Gasteiger partial charge in [0, 0.05) is 5.02 Å². The maximum atomic E-state index is 13.5. The summed E-state index contributed by atoms with van der Waals surface area (Å²) in [4.78, 5) is 31.3. The van der Waals surface area contributed by atoms with E-state index in [2.05, 4.69) is 4.99 Å². The highest BCUT2D eigenvalue weighted by Crippen LogP contribution is 2.32. The third kappa shape index (κ3) is 4.11. The first kappa shape index (κ1) is 22.3. The van der Waals surface area contributed by atoms with Crippen molar-refractivity contribution < 1.29 is 14.6 Å². The Morgan fingerprint density at radius 2 is 2.06 bits per heavy atom. The number of allylic oxidation sites excluding steroid dienone is 1. The molecule has 9 heteroatoms. The van der Waals surface area contributed by atoms with Crippen molar-refractivity contribution in [1.82, 2.24) is 4.57 Å². The molecule has 32 heavy (non-hydrogen) atoms. The molecule has 0 spiro atoms. The van der Waals surface area contributed by atoms with Crippen LogP contribution in [0.4, 0.5) is 0 Å². The molecule has 1 unspecified atom stereocenters. The van der Waals surface area contributed by atoms with Crippen molar-refractivity contribution in [2.45, 2.75) is 19.9 Å². The average molecular weight is 489 g/mol. The second-order valence-corrected chi connectivity index (χ2v) is 8.92. The Morgan fingerprint density at radius 1 is 1.28 bits per heavy atom. The lowest BCUT2D eigenvalue weighted by Gasteiger charge is -2.24. The third-order valence-electron chi connectivity index (χ3n) is 4.95. The van der Waals surface area contributed by atoms with Gasteiger partial charge in [0.2, 0.25) is 0 Å². The van der Waals surface area contributed by atoms with Gasteiger partial charge in [-0.1, -0.05) is 52.7 Å². The van der Waals surface area contributed by atoms with Gasteiger partial charge in [-0.3, -0.25) is 9.36 Å². The Hall–Kier alpha value is -2.87. The highest BCUT2D eigenvalue weighted by atomic mass is 35.5. The van der Waals surface area contributed by atoms with Crippen molar-refractivity contribution in [3.8, 4) is 5.75 Å². The standard InChI is InChI=1S/C23H18Cl2N2O4S/c1-3-31-22(30)19-12(2)26-23-27(20(19)14-5-4-6-15(24)11-14)21(29)18(32-23)10-13-7-8-17(28)16(25)9-13/h4-11,20,28H,3H2,1-2H3/b18-10+. The minimum atomic E-state index is -0.727. The average Bonchev–Trinajstić information content (AvgIpc) is 3.04. The van der Waals surface area contributed by atoms with Crippen LogP contribution < -0.4 is 14.9 Å². The maximum absolute atomic E-state index is 13.5. The van der Waals surface area contributed by atoms with Crippen molar-refractivity contribution in [2.24, 2.45) is 4.99 Å². The summed E-state index contributed by atoms with van der Waals surface area (Å²) in [5.74, 6) is -0.570. The van der Waals surface area contributed by atoms with E-state index in [-0.39, 0.29) is 22.9 Å². The van der Waals surface area contributed by atoms with Crippen molar-refractivity contribution in [3.63, 3.8) is 0 Å². The Bertz CT molecular complexity index is 1440. The molecule has 0 saturated carbocycles. The van der Waals surface area contributed by atoms with Gasteiger partial charge in [-0.25, -0.2) is 9.79 Å². The molecule has 0 aliphatic carbocycles. The number of aromatic hydroxyl groups is 1. The number of esters is 1. The fourth-order valence-corrected chi connectivity index (χ4v) is 4.98. The number of phenols is 1. The Morgan fingerprint density at radius 3 is 2.75 bits per heavy atom. The maximum Gasteiger partial charge on any atom is 0.338 e. The molecule has 4 rings (SSSR count). The number of phenolic OH excluding ortho intramolecular Hbond substituents is 1. The molecular weight excluding hydrogens is 471 g/mol. The van der Waals surface area contributed by atoms with Crippen molar-refractivity contribution in [3.05, 3.63) is 94.6 Å². The van der Waals surface area contributed by atoms with Gasteiger partial charge >= 0.3 is 5.97 Å². The molecule has 6 nitrogen and oxygen atoms in total. The van der Waals surface area contributed by atoms with E-state index in [0.29, 0.717) is 36.8 Å². The first-order valence-corrected chi connectivity index (χ1v) is 11.3. The van der Waals surface area contributed by atoms with Crippen molar-refractivity contribution >= 4 is 46.6 Å². The predicted molar refractivity (Wildman–Crippen MR) is 125 cm³/mol. The first-order chi connectivity index (χ1) is 15.3. The molecule has 2 heterocycles. The number of thiazole rings is 1. The summed E-state index contributed by atoms with van der Waals surface area (Å²) >= 11 is 13.4. The number of ether oxygens (including phenoxy) is 1. The summed E-state index contributed by atoms with van der Waals surface area (Å²) in [5.41, 5.74) is 1.79. The minimum absolute atomic E-state index is 0.0408. The first-order valence-electron chi connectivity index (χ1n) is 9.73. The summed E-state index contributed by atoms with van der Waals surface area (Å²) in [6.45, 7) is 3.64. The number of fused-ring (bicyclic) bond motifs is 1. The molecule has 1 aromatic heterocycles. The SMILES string of the molecule is CCOC(=O)C1=C(C)N=c2s/c(=C/c3ccc(O)c(Cl)c3)c(=O)n2C1c1cccc(Cl)c1. The summed E-state index contributed by atoms with van der Waals surface area (Å²) in [7, 11) is 0. The normalized spacial score (nSPS) is 16.0. The number of benzene rings is 2. The molecule has 1 atom stereocenters. The van der Waals surface area contributed by atoms with Crippen LogP contribution in [0.1, 0.15) is 31.0 Å². The van der Waals surface area contributed by atoms with Gasteiger partial charge in [0.15, 0.2) is 4.80 Å². The van der Waals surface area contributed by atoms with Gasteiger partial charge < -0.3 is 9.84 Å². The quantitative estimate of drug-likeness (QED) is 0.566. The molecule has 3 aromatic rings. The molecule has 0 amide bonds. The lowest BCUT2D eigenvalue weighted by molar-refractivity contribution is -0.139. The fourth-order valence-electron chi connectivity index (χ4n) is 3.55. The smallest absolute Gasteiger partial charge is 0.338 e. The van der Waals surface area contributed by atoms with Crippen LogP contribution in [0, 0.1) is 0 Å². The highest BCUT2D eigenvalue weighted by Gasteiger charge is 2.33. The van der Waals surface area contributed by atoms with Gasteiger partial charge in [-0.2, -0.15) is 0 Å². The van der Waals surface area contributed by atoms with Crippen LogP contribution in [0.3, 0.4) is 0 Å². The van der Waals surface area contributed by atoms with E-state index in [4.69, 9.17) is 27.9 Å². The number of halogens is 2. The second kappa shape index (κ2) is 8.94. The number of rotatable bonds is 4. The topological polar surface area (TPSA) is 80.9 Å². The molecule has 0 radical (unpaired) electrons. The number of aromatic nitrogens is 1. The molecular formula is C23H18Cl2N2O4S. The van der Waals surface area contributed by atoms with Gasteiger partial charge in [0.05, 0.1) is 33.5 Å². The molecule has 0 bridgehead atoms. The fraction of sp³-hybridized carbons (Fsp3) is 0.174. The van der Waals surface area contributed by atoms with E-state index in [9.17, 15) is 14.7 Å². The Labute approximate surface area is 197 Å². The van der Waals surface area contributed by atoms with Crippen LogP contribution in [0.25, 0.3) is 6.08 Å². The van der Waals surface area contributed by atoms with E-state index in [1.807, 2.05) is 6.07 Å². The van der Waals surface area contributed by atoms with Crippen LogP contribution in [-0.4, -0.2) is 22.2 Å². The van der Waals surface area contributed by atoms with E-state index in [0.717, 1.165) is 0 Å². The zero-order chi connectivity index (χ0) is 23.0. The third-order valence-corrected chi connectivity index (χ3v) is 6.47. The number of hydrogen-bond acceptors (Lipinski definition) is 6. The molecule has 164 valence electrons. The molecule has 0 fully saturated rings. The lowest BCUT2D eigenvalue weighted by atomic mass is 9.96. The van der Waals surface area contributed by atoms with E-state index in [1.54, 1.807) is 50.3 Å². The Balaban J connectivity index is 1.96. The molecule has 1 aliphatic rings. The monoisotopic (exact) mass is 488 g/mol. The molecule has 1 aliphatic heterocycles. The van der Waals surface area contributed by atoms with Crippen molar-refractivity contribution in [2.75, 3.05) is 6.61 Å². The number of carbonyl (C=O) groups excluding carboxylic acids is 1. The van der Waals surface area contributed by atoms with Gasteiger partial charge in [-0.05, 0) is 55.3 Å². The van der Waals surface area contributed by atoms with E-state index in [1.165, 1.54) is 22.0 Å². The molecule has 2 aromatic carbocycles. The van der Waals surface area contributed by atoms with E-state index >= 15 is 0 Å². The lowest BCUT2D eigenvalue weighted by Crippen LogP contribution is -2.39. The van der Waals surface area contributed by atoms with Gasteiger partial charge in [0.25, 0.3) is 5.56 Å². The van der Waals surface area contributed by atoms with E-state index < -0.39 is 12.0 Å². The zero-order valence-corrected chi connectivity index (χ0v) is 19.5. The summed E-state index contributed by atoms with van der Waals surface area (Å²) in [6.07, 6.45) is 1.67. The highest BCUT2D eigenvalue weighted by molar-refractivity contribution is 7.07. The van der Waals surface area contributed by atoms with Crippen LogP contribution in [0.5, 0.6) is 5.75 Å². The number of carbonyl (C=O) groups is 1. The van der Waals surface area contributed by atoms with Gasteiger partial charge in [-0.15, -0.1) is 0 Å². The van der Waals surface area contributed by atoms with Crippen LogP contribution >= 0.6 is 34.5 Å². The molecule has 1 N–H and O–H groups in total. The van der Waals surface area contributed by atoms with Crippen LogP contribution in [0.15, 0.2) is 63.5 Å². The van der Waals surface area contributed by atoms with Crippen LogP contribution in [0.2, 0.25) is 10.0 Å². The van der Waals surface area contributed by atoms with Crippen molar-refractivity contribution in [1.29, 1.82) is 0 Å². The molecule has 0 saturated heterocycles. The second-order valence-electron chi connectivity index (χ2n) is 7.07. The largest absolute Gasteiger partial charge is 0.506 e. The number of nitrogens with zero attached hydrogens (tertiary/aromatic N) is 2. The zero-order valence-electron chi connectivity index (χ0n) is 17.1. The predicted octanol–water partition coefficient (Wildman–Crippen LogP) is 3.81.